The lowest BCUT2D eigenvalue weighted by Gasteiger charge is -2.09. The SMILES string of the molecule is O=C(NCc1nc(-c2ccccc2)no1)c1ccccc1CCc1ccccc1. The molecule has 29 heavy (non-hydrogen) atoms. The largest absolute Gasteiger partial charge is 0.343 e. The van der Waals surface area contributed by atoms with Crippen LogP contribution in [0.5, 0.6) is 0 Å². The number of amides is 1. The molecule has 144 valence electrons. The number of rotatable bonds is 7. The Morgan fingerprint density at radius 1 is 0.828 bits per heavy atom. The second kappa shape index (κ2) is 8.97. The summed E-state index contributed by atoms with van der Waals surface area (Å²) < 4.78 is 5.27. The van der Waals surface area contributed by atoms with Gasteiger partial charge in [0.25, 0.3) is 5.91 Å². The van der Waals surface area contributed by atoms with Gasteiger partial charge in [-0.05, 0) is 30.0 Å². The minimum atomic E-state index is -0.145. The third-order valence-electron chi connectivity index (χ3n) is 4.69. The predicted octanol–water partition coefficient (Wildman–Crippen LogP) is 4.45. The van der Waals surface area contributed by atoms with E-state index in [4.69, 9.17) is 4.52 Å². The van der Waals surface area contributed by atoms with Crippen molar-refractivity contribution in [2.24, 2.45) is 0 Å². The van der Waals surface area contributed by atoms with E-state index >= 15 is 0 Å². The Hall–Kier alpha value is -3.73. The molecule has 0 aliphatic carbocycles. The molecule has 4 aromatic rings. The lowest BCUT2D eigenvalue weighted by molar-refractivity contribution is 0.0945. The zero-order valence-corrected chi connectivity index (χ0v) is 15.9. The Kier molecular flexibility index (Phi) is 5.76. The van der Waals surface area contributed by atoms with Crippen molar-refractivity contribution in [2.75, 3.05) is 0 Å². The predicted molar refractivity (Wildman–Crippen MR) is 111 cm³/mol. The van der Waals surface area contributed by atoms with E-state index in [9.17, 15) is 4.79 Å². The molecule has 5 nitrogen and oxygen atoms in total. The number of carbonyl (C=O) groups is 1. The van der Waals surface area contributed by atoms with Gasteiger partial charge in [0.1, 0.15) is 0 Å². The smallest absolute Gasteiger partial charge is 0.251 e. The number of nitrogens with one attached hydrogen (secondary N) is 1. The Morgan fingerprint density at radius 3 is 2.31 bits per heavy atom. The van der Waals surface area contributed by atoms with Crippen LogP contribution in [-0.2, 0) is 19.4 Å². The molecule has 0 unspecified atom stereocenters. The molecule has 5 heteroatoms. The molecule has 1 amide bonds. The quantitative estimate of drug-likeness (QED) is 0.512. The number of benzene rings is 3. The van der Waals surface area contributed by atoms with E-state index in [2.05, 4.69) is 27.6 Å². The molecule has 0 atom stereocenters. The van der Waals surface area contributed by atoms with Crippen molar-refractivity contribution in [3.63, 3.8) is 0 Å². The highest BCUT2D eigenvalue weighted by Crippen LogP contribution is 2.16. The summed E-state index contributed by atoms with van der Waals surface area (Å²) in [5.41, 5.74) is 3.82. The first-order chi connectivity index (χ1) is 14.3. The van der Waals surface area contributed by atoms with E-state index in [1.54, 1.807) is 0 Å². The van der Waals surface area contributed by atoms with Crippen molar-refractivity contribution in [1.82, 2.24) is 15.5 Å². The number of hydrogen-bond donors (Lipinski definition) is 1. The maximum atomic E-state index is 12.7. The minimum absolute atomic E-state index is 0.145. The molecule has 1 N–H and O–H groups in total. The highest BCUT2D eigenvalue weighted by atomic mass is 16.5. The van der Waals surface area contributed by atoms with Crippen LogP contribution in [0.1, 0.15) is 27.4 Å². The summed E-state index contributed by atoms with van der Waals surface area (Å²) in [5, 5.41) is 6.86. The molecule has 1 aromatic heterocycles. The number of aryl methyl sites for hydroxylation is 2. The van der Waals surface area contributed by atoms with Gasteiger partial charge in [-0.3, -0.25) is 4.79 Å². The van der Waals surface area contributed by atoms with Crippen molar-refractivity contribution >= 4 is 5.91 Å². The zero-order chi connectivity index (χ0) is 19.9. The van der Waals surface area contributed by atoms with E-state index in [0.717, 1.165) is 24.0 Å². The molecular formula is C24H21N3O2. The molecule has 3 aromatic carbocycles. The van der Waals surface area contributed by atoms with Gasteiger partial charge in [0.15, 0.2) is 0 Å². The van der Waals surface area contributed by atoms with E-state index in [0.29, 0.717) is 17.3 Å². The van der Waals surface area contributed by atoms with Crippen LogP contribution in [0, 0.1) is 0 Å². The van der Waals surface area contributed by atoms with Crippen molar-refractivity contribution < 1.29 is 9.32 Å². The first kappa shape index (κ1) is 18.6. The number of carbonyl (C=O) groups excluding carboxylic acids is 1. The van der Waals surface area contributed by atoms with Crippen LogP contribution in [0.3, 0.4) is 0 Å². The van der Waals surface area contributed by atoms with Crippen LogP contribution in [0.25, 0.3) is 11.4 Å². The van der Waals surface area contributed by atoms with Crippen LogP contribution in [-0.4, -0.2) is 16.0 Å². The number of hydrogen-bond acceptors (Lipinski definition) is 4. The summed E-state index contributed by atoms with van der Waals surface area (Å²) in [4.78, 5) is 17.1. The van der Waals surface area contributed by atoms with Crippen molar-refractivity contribution in [1.29, 1.82) is 0 Å². The third kappa shape index (κ3) is 4.76. The second-order valence-electron chi connectivity index (χ2n) is 6.70. The summed E-state index contributed by atoms with van der Waals surface area (Å²) in [6.07, 6.45) is 1.68. The molecule has 0 saturated heterocycles. The third-order valence-corrected chi connectivity index (χ3v) is 4.69. The Labute approximate surface area is 169 Å². The highest BCUT2D eigenvalue weighted by molar-refractivity contribution is 5.95. The molecule has 0 aliphatic heterocycles. The summed E-state index contributed by atoms with van der Waals surface area (Å²) in [6.45, 7) is 0.186. The summed E-state index contributed by atoms with van der Waals surface area (Å²) in [5.74, 6) is 0.741. The van der Waals surface area contributed by atoms with E-state index in [-0.39, 0.29) is 12.5 Å². The summed E-state index contributed by atoms with van der Waals surface area (Å²) in [6, 6.07) is 27.5. The number of aromatic nitrogens is 2. The summed E-state index contributed by atoms with van der Waals surface area (Å²) in [7, 11) is 0. The molecule has 4 rings (SSSR count). The average molecular weight is 383 g/mol. The average Bonchev–Trinajstić information content (AvgIpc) is 3.27. The molecule has 0 bridgehead atoms. The monoisotopic (exact) mass is 383 g/mol. The standard InChI is InChI=1S/C24H21N3O2/c28-24(25-17-22-26-23(27-29-22)20-12-5-2-6-13-20)21-14-8-7-11-19(21)16-15-18-9-3-1-4-10-18/h1-14H,15-17H2,(H,25,28). The highest BCUT2D eigenvalue weighted by Gasteiger charge is 2.13. The first-order valence-electron chi connectivity index (χ1n) is 9.57. The van der Waals surface area contributed by atoms with Gasteiger partial charge >= 0.3 is 0 Å². The van der Waals surface area contributed by atoms with E-state index in [1.165, 1.54) is 5.56 Å². The molecular weight excluding hydrogens is 362 g/mol. The zero-order valence-electron chi connectivity index (χ0n) is 15.9. The lowest BCUT2D eigenvalue weighted by atomic mass is 9.99. The molecule has 0 saturated carbocycles. The second-order valence-corrected chi connectivity index (χ2v) is 6.70. The molecule has 1 heterocycles. The van der Waals surface area contributed by atoms with Gasteiger partial charge in [-0.2, -0.15) is 4.98 Å². The number of nitrogens with zero attached hydrogens (tertiary/aromatic N) is 2. The normalized spacial score (nSPS) is 10.6. The summed E-state index contributed by atoms with van der Waals surface area (Å²) >= 11 is 0. The fourth-order valence-electron chi connectivity index (χ4n) is 3.17. The van der Waals surface area contributed by atoms with Gasteiger partial charge in [0.05, 0.1) is 6.54 Å². The van der Waals surface area contributed by atoms with Crippen LogP contribution in [0.15, 0.2) is 89.5 Å². The van der Waals surface area contributed by atoms with Gasteiger partial charge < -0.3 is 9.84 Å². The van der Waals surface area contributed by atoms with Crippen LogP contribution in [0.2, 0.25) is 0 Å². The van der Waals surface area contributed by atoms with E-state index < -0.39 is 0 Å². The van der Waals surface area contributed by atoms with Gasteiger partial charge in [-0.1, -0.05) is 84.0 Å². The Morgan fingerprint density at radius 2 is 1.52 bits per heavy atom. The molecule has 0 aliphatic rings. The maximum absolute atomic E-state index is 12.7. The van der Waals surface area contributed by atoms with Gasteiger partial charge in [0, 0.05) is 11.1 Å². The first-order valence-corrected chi connectivity index (χ1v) is 9.57. The fourth-order valence-corrected chi connectivity index (χ4v) is 3.17. The Bertz CT molecular complexity index is 1080. The fraction of sp³-hybridized carbons (Fsp3) is 0.125. The van der Waals surface area contributed by atoms with Crippen LogP contribution < -0.4 is 5.32 Å². The molecule has 0 spiro atoms. The van der Waals surface area contributed by atoms with Crippen LogP contribution >= 0.6 is 0 Å². The van der Waals surface area contributed by atoms with E-state index in [1.807, 2.05) is 72.8 Å². The Balaban J connectivity index is 1.39. The van der Waals surface area contributed by atoms with Gasteiger partial charge in [0.2, 0.25) is 11.7 Å². The molecule has 0 fully saturated rings. The topological polar surface area (TPSA) is 68.0 Å². The lowest BCUT2D eigenvalue weighted by Crippen LogP contribution is -2.24. The van der Waals surface area contributed by atoms with Crippen molar-refractivity contribution in [2.45, 2.75) is 19.4 Å². The minimum Gasteiger partial charge on any atom is -0.343 e. The van der Waals surface area contributed by atoms with Gasteiger partial charge in [-0.25, -0.2) is 0 Å². The molecule has 0 radical (unpaired) electrons. The maximum Gasteiger partial charge on any atom is 0.251 e. The van der Waals surface area contributed by atoms with Crippen LogP contribution in [0.4, 0.5) is 0 Å². The van der Waals surface area contributed by atoms with Crippen molar-refractivity contribution in [3.05, 3.63) is 108 Å². The van der Waals surface area contributed by atoms with Gasteiger partial charge in [-0.15, -0.1) is 0 Å². The van der Waals surface area contributed by atoms with Crippen molar-refractivity contribution in [3.8, 4) is 11.4 Å².